The summed E-state index contributed by atoms with van der Waals surface area (Å²) in [6.07, 6.45) is 4.21. The van der Waals surface area contributed by atoms with E-state index in [1.165, 1.54) is 0 Å². The Morgan fingerprint density at radius 3 is 2.79 bits per heavy atom. The lowest BCUT2D eigenvalue weighted by atomic mass is 9.94. The van der Waals surface area contributed by atoms with E-state index in [1.807, 2.05) is 59.0 Å². The van der Waals surface area contributed by atoms with Crippen molar-refractivity contribution in [3.05, 3.63) is 77.6 Å². The molecule has 0 radical (unpaired) electrons. The van der Waals surface area contributed by atoms with Gasteiger partial charge in [-0.3, -0.25) is 4.79 Å². The van der Waals surface area contributed by atoms with Crippen LogP contribution in [0.3, 0.4) is 0 Å². The van der Waals surface area contributed by atoms with Crippen LogP contribution in [0.1, 0.15) is 33.4 Å². The normalized spacial score (nSPS) is 16.1. The van der Waals surface area contributed by atoms with Crippen LogP contribution in [0.15, 0.2) is 55.1 Å². The van der Waals surface area contributed by atoms with Crippen LogP contribution in [-0.2, 0) is 13.5 Å². The molecule has 0 saturated carbocycles. The van der Waals surface area contributed by atoms with E-state index in [-0.39, 0.29) is 11.9 Å². The molecule has 7 heteroatoms. The zero-order valence-corrected chi connectivity index (χ0v) is 16.3. The average molecular weight is 387 g/mol. The van der Waals surface area contributed by atoms with E-state index < -0.39 is 0 Å². The van der Waals surface area contributed by atoms with Gasteiger partial charge in [-0.1, -0.05) is 12.1 Å². The fourth-order valence-electron chi connectivity index (χ4n) is 4.05. The minimum atomic E-state index is -0.247. The summed E-state index contributed by atoms with van der Waals surface area (Å²) in [4.78, 5) is 27.6. The molecule has 0 saturated heterocycles. The number of aromatic amines is 1. The Hall–Kier alpha value is -3.61. The minimum Gasteiger partial charge on any atom is -0.497 e. The molecular formula is C22H21N5O2. The molecule has 0 bridgehead atoms. The number of imidazole rings is 2. The summed E-state index contributed by atoms with van der Waals surface area (Å²) >= 11 is 0. The summed E-state index contributed by atoms with van der Waals surface area (Å²) in [6, 6.07) is 13.3. The first kappa shape index (κ1) is 17.5. The number of fused-ring (bicyclic) bond motifs is 2. The van der Waals surface area contributed by atoms with Crippen LogP contribution >= 0.6 is 0 Å². The van der Waals surface area contributed by atoms with Crippen LogP contribution in [0.4, 0.5) is 0 Å². The molecule has 7 nitrogen and oxygen atoms in total. The Balaban J connectivity index is 1.56. The van der Waals surface area contributed by atoms with Crippen molar-refractivity contribution < 1.29 is 9.53 Å². The summed E-state index contributed by atoms with van der Waals surface area (Å²) in [6.45, 7) is 0.616. The number of carbonyl (C=O) groups excluding carboxylic acids is 1. The van der Waals surface area contributed by atoms with Crippen molar-refractivity contribution in [3.63, 3.8) is 0 Å². The van der Waals surface area contributed by atoms with Crippen molar-refractivity contribution in [3.8, 4) is 5.75 Å². The first-order valence-electron chi connectivity index (χ1n) is 9.54. The second-order valence-corrected chi connectivity index (χ2v) is 7.25. The lowest BCUT2D eigenvalue weighted by Crippen LogP contribution is -2.40. The smallest absolute Gasteiger partial charge is 0.254 e. The van der Waals surface area contributed by atoms with E-state index >= 15 is 0 Å². The molecule has 1 amide bonds. The second kappa shape index (κ2) is 6.77. The monoisotopic (exact) mass is 387 g/mol. The molecule has 1 N–H and O–H groups in total. The highest BCUT2D eigenvalue weighted by Crippen LogP contribution is 2.35. The third-order valence-electron chi connectivity index (χ3n) is 5.59. The molecule has 0 fully saturated rings. The maximum absolute atomic E-state index is 13.5. The molecular weight excluding hydrogens is 366 g/mol. The van der Waals surface area contributed by atoms with Crippen molar-refractivity contribution in [1.29, 1.82) is 0 Å². The van der Waals surface area contributed by atoms with Gasteiger partial charge in [0.1, 0.15) is 11.8 Å². The molecule has 2 aromatic heterocycles. The number of hydrogen-bond donors (Lipinski definition) is 1. The van der Waals surface area contributed by atoms with E-state index in [9.17, 15) is 4.79 Å². The largest absolute Gasteiger partial charge is 0.497 e. The third kappa shape index (κ3) is 2.86. The number of aromatic nitrogens is 4. The van der Waals surface area contributed by atoms with Gasteiger partial charge in [-0.2, -0.15) is 0 Å². The first-order valence-corrected chi connectivity index (χ1v) is 9.54. The van der Waals surface area contributed by atoms with Crippen LogP contribution in [0, 0.1) is 0 Å². The van der Waals surface area contributed by atoms with Crippen molar-refractivity contribution in [2.24, 2.45) is 7.05 Å². The average Bonchev–Trinajstić information content (AvgIpc) is 3.39. The number of aryl methyl sites for hydroxylation is 1. The zero-order chi connectivity index (χ0) is 20.0. The van der Waals surface area contributed by atoms with Gasteiger partial charge < -0.3 is 19.2 Å². The van der Waals surface area contributed by atoms with Crippen LogP contribution in [-0.4, -0.2) is 44.0 Å². The topological polar surface area (TPSA) is 76.0 Å². The second-order valence-electron chi connectivity index (χ2n) is 7.25. The number of H-pyrrole nitrogens is 1. The predicted molar refractivity (Wildman–Crippen MR) is 109 cm³/mol. The molecule has 29 heavy (non-hydrogen) atoms. The highest BCUT2D eigenvalue weighted by Gasteiger charge is 2.34. The van der Waals surface area contributed by atoms with Crippen molar-refractivity contribution >= 4 is 16.9 Å². The molecule has 2 aromatic carbocycles. The number of benzene rings is 2. The van der Waals surface area contributed by atoms with E-state index in [0.717, 1.165) is 40.2 Å². The Bertz CT molecular complexity index is 1190. The number of ether oxygens (including phenoxy) is 1. The number of amides is 1. The SMILES string of the molecule is COc1ccc([C@@H]2c3nc[nH]c3CCN2C(=O)c2ccc3c(c2)ncn3C)cc1. The fraction of sp³-hybridized carbons (Fsp3) is 0.227. The van der Waals surface area contributed by atoms with E-state index in [2.05, 4.69) is 15.0 Å². The third-order valence-corrected chi connectivity index (χ3v) is 5.59. The van der Waals surface area contributed by atoms with Gasteiger partial charge in [0, 0.05) is 31.3 Å². The number of nitrogens with one attached hydrogen (secondary N) is 1. The Morgan fingerprint density at radius 2 is 2.00 bits per heavy atom. The number of carbonyl (C=O) groups is 1. The lowest BCUT2D eigenvalue weighted by molar-refractivity contribution is 0.0690. The molecule has 3 heterocycles. The summed E-state index contributed by atoms with van der Waals surface area (Å²) in [7, 11) is 3.59. The molecule has 0 unspecified atom stereocenters. The highest BCUT2D eigenvalue weighted by atomic mass is 16.5. The summed E-state index contributed by atoms with van der Waals surface area (Å²) in [5.41, 5.74) is 5.43. The Kier molecular flexibility index (Phi) is 4.08. The number of hydrogen-bond acceptors (Lipinski definition) is 4. The molecule has 1 aliphatic heterocycles. The molecule has 4 aromatic rings. The van der Waals surface area contributed by atoms with Crippen LogP contribution < -0.4 is 4.74 Å². The lowest BCUT2D eigenvalue weighted by Gasteiger charge is -2.35. The number of rotatable bonds is 3. The number of nitrogens with zero attached hydrogens (tertiary/aromatic N) is 4. The summed E-state index contributed by atoms with van der Waals surface area (Å²) < 4.78 is 7.23. The fourth-order valence-corrected chi connectivity index (χ4v) is 4.05. The van der Waals surface area contributed by atoms with Gasteiger partial charge in [0.25, 0.3) is 5.91 Å². The predicted octanol–water partition coefficient (Wildman–Crippen LogP) is 3.09. The molecule has 1 aliphatic rings. The van der Waals surface area contributed by atoms with Crippen LogP contribution in [0.25, 0.3) is 11.0 Å². The summed E-state index contributed by atoms with van der Waals surface area (Å²) in [5.74, 6) is 0.761. The van der Waals surface area contributed by atoms with Gasteiger partial charge in [-0.05, 0) is 35.9 Å². The van der Waals surface area contributed by atoms with Crippen molar-refractivity contribution in [2.75, 3.05) is 13.7 Å². The maximum Gasteiger partial charge on any atom is 0.254 e. The van der Waals surface area contributed by atoms with Crippen LogP contribution in [0.2, 0.25) is 0 Å². The van der Waals surface area contributed by atoms with Crippen LogP contribution in [0.5, 0.6) is 5.75 Å². The molecule has 0 aliphatic carbocycles. The van der Waals surface area contributed by atoms with Gasteiger partial charge in [0.05, 0.1) is 36.5 Å². The summed E-state index contributed by atoms with van der Waals surface area (Å²) in [5, 5.41) is 0. The first-order chi connectivity index (χ1) is 14.2. The minimum absolute atomic E-state index is 0.0213. The van der Waals surface area contributed by atoms with Crippen molar-refractivity contribution in [2.45, 2.75) is 12.5 Å². The van der Waals surface area contributed by atoms with Gasteiger partial charge >= 0.3 is 0 Å². The van der Waals surface area contributed by atoms with E-state index in [4.69, 9.17) is 4.74 Å². The van der Waals surface area contributed by atoms with Gasteiger partial charge in [-0.25, -0.2) is 9.97 Å². The highest BCUT2D eigenvalue weighted by molar-refractivity contribution is 5.98. The quantitative estimate of drug-likeness (QED) is 0.586. The van der Waals surface area contributed by atoms with Gasteiger partial charge in [0.15, 0.2) is 0 Å². The van der Waals surface area contributed by atoms with E-state index in [0.29, 0.717) is 12.1 Å². The standard InChI is InChI=1S/C22H21N5O2/c1-26-13-25-18-11-15(5-8-19(18)26)22(28)27-10-9-17-20(24-12-23-17)21(27)14-3-6-16(29-2)7-4-14/h3-8,11-13,21H,9-10H2,1-2H3,(H,23,24)/t21-/m1/s1. The maximum atomic E-state index is 13.5. The molecule has 146 valence electrons. The number of methoxy groups -OCH3 is 1. The Labute approximate surface area is 168 Å². The molecule has 1 atom stereocenters. The molecule has 0 spiro atoms. The van der Waals surface area contributed by atoms with Crippen molar-refractivity contribution in [1.82, 2.24) is 24.4 Å². The van der Waals surface area contributed by atoms with Gasteiger partial charge in [0.2, 0.25) is 0 Å². The van der Waals surface area contributed by atoms with E-state index in [1.54, 1.807) is 19.8 Å². The van der Waals surface area contributed by atoms with Gasteiger partial charge in [-0.15, -0.1) is 0 Å². The molecule has 5 rings (SSSR count). The zero-order valence-electron chi connectivity index (χ0n) is 16.3. The Morgan fingerprint density at radius 1 is 1.17 bits per heavy atom.